The molecule has 4 rings (SSSR count). The van der Waals surface area contributed by atoms with E-state index in [1.54, 1.807) is 18.3 Å². The molecule has 0 aliphatic carbocycles. The van der Waals surface area contributed by atoms with E-state index in [4.69, 9.17) is 9.92 Å². The summed E-state index contributed by atoms with van der Waals surface area (Å²) in [7, 11) is -3.71. The van der Waals surface area contributed by atoms with Crippen LogP contribution in [0.15, 0.2) is 72.0 Å². The molecule has 0 spiro atoms. The lowest BCUT2D eigenvalue weighted by atomic mass is 9.82. The fourth-order valence-electron chi connectivity index (χ4n) is 3.44. The molecule has 0 radical (unpaired) electrons. The first-order valence-corrected chi connectivity index (χ1v) is 10.9. The van der Waals surface area contributed by atoms with Crippen LogP contribution in [0.2, 0.25) is 0 Å². The predicted molar refractivity (Wildman–Crippen MR) is 112 cm³/mol. The highest BCUT2D eigenvalue weighted by atomic mass is 32.2. The number of aromatic nitrogens is 1. The van der Waals surface area contributed by atoms with Crippen molar-refractivity contribution in [2.75, 3.05) is 6.26 Å². The number of rotatable bonds is 5. The van der Waals surface area contributed by atoms with Crippen LogP contribution in [-0.4, -0.2) is 31.5 Å². The van der Waals surface area contributed by atoms with Gasteiger partial charge in [-0.1, -0.05) is 24.3 Å². The summed E-state index contributed by atoms with van der Waals surface area (Å²) < 4.78 is 42.2. The zero-order chi connectivity index (χ0) is 22.2. The van der Waals surface area contributed by atoms with Gasteiger partial charge in [0.1, 0.15) is 11.6 Å². The third kappa shape index (κ3) is 3.84. The molecule has 1 atom stereocenters. The van der Waals surface area contributed by atoms with Crippen LogP contribution >= 0.6 is 0 Å². The highest BCUT2D eigenvalue weighted by Crippen LogP contribution is 2.39. The van der Waals surface area contributed by atoms with E-state index < -0.39 is 27.4 Å². The number of aliphatic imine (C=N–C) groups is 1. The molecule has 0 bridgehead atoms. The smallest absolute Gasteiger partial charge is 0.306 e. The van der Waals surface area contributed by atoms with E-state index in [1.165, 1.54) is 48.7 Å². The lowest BCUT2D eigenvalue weighted by molar-refractivity contribution is -0.122. The molecule has 2 heterocycles. The number of hydrogen-bond donors (Lipinski definition) is 2. The molecule has 0 fully saturated rings. The highest BCUT2D eigenvalue weighted by Gasteiger charge is 2.47. The standard InChI is InChI=1S/C21H17FN4O4S/c1-31(28,29)30-16-7-4-14(5-8-16)21(19(27)25-20(23)26-21)15-6-9-18(22)17(11-15)13-3-2-10-24-12-13/h2-12H,1H3,(H3,23,25,26,27). The number of nitrogens with one attached hydrogen (secondary N) is 1. The summed E-state index contributed by atoms with van der Waals surface area (Å²) in [4.78, 5) is 21.4. The van der Waals surface area contributed by atoms with Crippen LogP contribution in [0.1, 0.15) is 11.1 Å². The van der Waals surface area contributed by atoms with Crippen molar-refractivity contribution in [2.24, 2.45) is 10.7 Å². The molecule has 1 unspecified atom stereocenters. The quantitative estimate of drug-likeness (QED) is 0.584. The number of nitrogens with zero attached hydrogens (tertiary/aromatic N) is 2. The Morgan fingerprint density at radius 1 is 1.10 bits per heavy atom. The van der Waals surface area contributed by atoms with Crippen LogP contribution in [-0.2, 0) is 20.5 Å². The molecule has 2 aromatic carbocycles. The molecule has 0 saturated carbocycles. The number of pyridine rings is 1. The SMILES string of the molecule is CS(=O)(=O)Oc1ccc(C2(c3ccc(F)c(-c4cccnc4)c3)N=C(N)NC2=O)cc1. The first-order valence-electron chi connectivity index (χ1n) is 9.06. The van der Waals surface area contributed by atoms with Gasteiger partial charge in [-0.15, -0.1) is 0 Å². The second kappa shape index (κ2) is 7.47. The van der Waals surface area contributed by atoms with Crippen LogP contribution in [0.25, 0.3) is 11.1 Å². The van der Waals surface area contributed by atoms with Crippen molar-refractivity contribution in [1.29, 1.82) is 0 Å². The number of carbonyl (C=O) groups is 1. The fourth-order valence-corrected chi connectivity index (χ4v) is 3.90. The molecule has 8 nitrogen and oxygen atoms in total. The van der Waals surface area contributed by atoms with Crippen molar-refractivity contribution in [3.05, 3.63) is 83.9 Å². The van der Waals surface area contributed by atoms with Gasteiger partial charge in [-0.2, -0.15) is 8.42 Å². The molecule has 1 amide bonds. The number of carbonyl (C=O) groups excluding carboxylic acids is 1. The summed E-state index contributed by atoms with van der Waals surface area (Å²) in [6, 6.07) is 13.4. The fraction of sp³-hybridized carbons (Fsp3) is 0.0952. The lowest BCUT2D eigenvalue weighted by Crippen LogP contribution is -2.39. The normalized spacial score (nSPS) is 18.4. The van der Waals surface area contributed by atoms with Crippen molar-refractivity contribution in [3.8, 4) is 16.9 Å². The Morgan fingerprint density at radius 2 is 1.81 bits per heavy atom. The van der Waals surface area contributed by atoms with E-state index in [-0.39, 0.29) is 17.3 Å². The second-order valence-electron chi connectivity index (χ2n) is 6.91. The Morgan fingerprint density at radius 3 is 2.39 bits per heavy atom. The van der Waals surface area contributed by atoms with E-state index in [9.17, 15) is 17.6 Å². The highest BCUT2D eigenvalue weighted by molar-refractivity contribution is 7.86. The van der Waals surface area contributed by atoms with Crippen molar-refractivity contribution in [2.45, 2.75) is 5.54 Å². The van der Waals surface area contributed by atoms with Crippen LogP contribution in [0, 0.1) is 5.82 Å². The number of amides is 1. The second-order valence-corrected chi connectivity index (χ2v) is 8.48. The van der Waals surface area contributed by atoms with Gasteiger partial charge in [0, 0.05) is 23.5 Å². The van der Waals surface area contributed by atoms with Crippen molar-refractivity contribution < 1.29 is 21.8 Å². The third-order valence-electron chi connectivity index (χ3n) is 4.73. The first kappa shape index (κ1) is 20.5. The van der Waals surface area contributed by atoms with Crippen LogP contribution in [0.5, 0.6) is 5.75 Å². The largest absolute Gasteiger partial charge is 0.383 e. The van der Waals surface area contributed by atoms with Gasteiger partial charge in [0.25, 0.3) is 5.91 Å². The van der Waals surface area contributed by atoms with Crippen LogP contribution in [0.3, 0.4) is 0 Å². The summed E-state index contributed by atoms with van der Waals surface area (Å²) in [5.74, 6) is -1.02. The Hall–Kier alpha value is -3.79. The van der Waals surface area contributed by atoms with Gasteiger partial charge in [-0.3, -0.25) is 15.1 Å². The molecule has 158 valence electrons. The average molecular weight is 440 g/mol. The Kier molecular flexibility index (Phi) is 4.94. The van der Waals surface area contributed by atoms with Gasteiger partial charge in [0.05, 0.1) is 6.26 Å². The summed E-state index contributed by atoms with van der Waals surface area (Å²) in [6.07, 6.45) is 4.01. The number of halogens is 1. The maximum atomic E-state index is 14.6. The van der Waals surface area contributed by atoms with E-state index in [0.29, 0.717) is 16.7 Å². The molecule has 1 aliphatic rings. The summed E-state index contributed by atoms with van der Waals surface area (Å²) in [5.41, 5.74) is 5.77. The van der Waals surface area contributed by atoms with Crippen molar-refractivity contribution in [1.82, 2.24) is 10.3 Å². The monoisotopic (exact) mass is 440 g/mol. The number of nitrogens with two attached hydrogens (primary N) is 1. The lowest BCUT2D eigenvalue weighted by Gasteiger charge is -2.25. The molecule has 31 heavy (non-hydrogen) atoms. The molecule has 1 aliphatic heterocycles. The van der Waals surface area contributed by atoms with Gasteiger partial charge in [-0.25, -0.2) is 9.38 Å². The summed E-state index contributed by atoms with van der Waals surface area (Å²) in [5, 5.41) is 2.49. The van der Waals surface area contributed by atoms with Gasteiger partial charge in [0.2, 0.25) is 0 Å². The van der Waals surface area contributed by atoms with E-state index in [2.05, 4.69) is 15.3 Å². The summed E-state index contributed by atoms with van der Waals surface area (Å²) in [6.45, 7) is 0. The molecular formula is C21H17FN4O4S. The minimum Gasteiger partial charge on any atom is -0.383 e. The average Bonchev–Trinajstić information content (AvgIpc) is 3.03. The Labute approximate surface area is 177 Å². The summed E-state index contributed by atoms with van der Waals surface area (Å²) >= 11 is 0. The molecule has 3 N–H and O–H groups in total. The molecular weight excluding hydrogens is 423 g/mol. The Bertz CT molecular complexity index is 1290. The van der Waals surface area contributed by atoms with E-state index >= 15 is 0 Å². The van der Waals surface area contributed by atoms with Crippen molar-refractivity contribution >= 4 is 22.0 Å². The van der Waals surface area contributed by atoms with E-state index in [0.717, 1.165) is 6.26 Å². The van der Waals surface area contributed by atoms with Gasteiger partial charge >= 0.3 is 10.1 Å². The zero-order valence-electron chi connectivity index (χ0n) is 16.2. The number of hydrogen-bond acceptors (Lipinski definition) is 7. The molecule has 0 saturated heterocycles. The van der Waals surface area contributed by atoms with Gasteiger partial charge in [0.15, 0.2) is 11.5 Å². The molecule has 1 aromatic heterocycles. The number of benzene rings is 2. The van der Waals surface area contributed by atoms with Crippen molar-refractivity contribution in [3.63, 3.8) is 0 Å². The molecule has 10 heteroatoms. The van der Waals surface area contributed by atoms with Gasteiger partial charge in [-0.05, 0) is 41.5 Å². The zero-order valence-corrected chi connectivity index (χ0v) is 17.1. The van der Waals surface area contributed by atoms with Gasteiger partial charge < -0.3 is 9.92 Å². The third-order valence-corrected chi connectivity index (χ3v) is 5.23. The first-order chi connectivity index (χ1) is 14.7. The predicted octanol–water partition coefficient (Wildman–Crippen LogP) is 1.91. The molecule has 3 aromatic rings. The van der Waals surface area contributed by atoms with E-state index in [1.807, 2.05) is 0 Å². The maximum Gasteiger partial charge on any atom is 0.306 e. The number of guanidine groups is 1. The van der Waals surface area contributed by atoms with Crippen LogP contribution in [0.4, 0.5) is 4.39 Å². The van der Waals surface area contributed by atoms with Crippen LogP contribution < -0.4 is 15.2 Å². The maximum absolute atomic E-state index is 14.6. The minimum atomic E-state index is -3.71. The topological polar surface area (TPSA) is 124 Å². The Balaban J connectivity index is 1.87. The minimum absolute atomic E-state index is 0.0758.